The van der Waals surface area contributed by atoms with E-state index in [0.29, 0.717) is 18.1 Å². The highest BCUT2D eigenvalue weighted by atomic mass is 16.6. The molecule has 24 heavy (non-hydrogen) atoms. The third kappa shape index (κ3) is 4.75. The molecule has 1 aliphatic heterocycles. The fraction of sp³-hybridized carbons (Fsp3) is 0.350. The SMILES string of the molecule is O=C(Oc1cccc(OCc2ccccc2)c1)N1CCCCCC1. The number of hydrogen-bond donors (Lipinski definition) is 0. The minimum Gasteiger partial charge on any atom is -0.489 e. The van der Waals surface area contributed by atoms with Crippen molar-refractivity contribution in [2.75, 3.05) is 13.1 Å². The summed E-state index contributed by atoms with van der Waals surface area (Å²) < 4.78 is 11.3. The molecule has 4 heteroatoms. The Morgan fingerprint density at radius 2 is 1.58 bits per heavy atom. The summed E-state index contributed by atoms with van der Waals surface area (Å²) in [6, 6.07) is 17.2. The van der Waals surface area contributed by atoms with Gasteiger partial charge in [-0.05, 0) is 30.5 Å². The fourth-order valence-corrected chi connectivity index (χ4v) is 2.79. The first-order chi connectivity index (χ1) is 11.8. The van der Waals surface area contributed by atoms with Crippen molar-refractivity contribution < 1.29 is 14.3 Å². The third-order valence-electron chi connectivity index (χ3n) is 4.12. The Hall–Kier alpha value is -2.49. The van der Waals surface area contributed by atoms with E-state index in [9.17, 15) is 4.79 Å². The average molecular weight is 325 g/mol. The number of likely N-dealkylation sites (tertiary alicyclic amines) is 1. The zero-order valence-electron chi connectivity index (χ0n) is 13.8. The van der Waals surface area contributed by atoms with Crippen LogP contribution in [-0.4, -0.2) is 24.1 Å². The van der Waals surface area contributed by atoms with E-state index in [0.717, 1.165) is 31.5 Å². The second kappa shape index (κ2) is 8.39. The van der Waals surface area contributed by atoms with Crippen LogP contribution >= 0.6 is 0 Å². The van der Waals surface area contributed by atoms with E-state index in [1.807, 2.05) is 42.5 Å². The minimum absolute atomic E-state index is 0.267. The molecule has 3 rings (SSSR count). The topological polar surface area (TPSA) is 38.8 Å². The van der Waals surface area contributed by atoms with E-state index in [-0.39, 0.29) is 6.09 Å². The van der Waals surface area contributed by atoms with Crippen LogP contribution in [0.1, 0.15) is 31.2 Å². The molecule has 0 aliphatic carbocycles. The van der Waals surface area contributed by atoms with Crippen LogP contribution in [0.5, 0.6) is 11.5 Å². The maximum absolute atomic E-state index is 12.3. The van der Waals surface area contributed by atoms with E-state index >= 15 is 0 Å². The third-order valence-corrected chi connectivity index (χ3v) is 4.12. The zero-order valence-corrected chi connectivity index (χ0v) is 13.8. The van der Waals surface area contributed by atoms with Gasteiger partial charge in [0, 0.05) is 19.2 Å². The first kappa shape index (κ1) is 16.4. The van der Waals surface area contributed by atoms with Gasteiger partial charge in [-0.25, -0.2) is 4.79 Å². The second-order valence-electron chi connectivity index (χ2n) is 6.02. The Balaban J connectivity index is 1.57. The highest BCUT2D eigenvalue weighted by Crippen LogP contribution is 2.21. The lowest BCUT2D eigenvalue weighted by Gasteiger charge is -2.19. The molecule has 0 spiro atoms. The van der Waals surface area contributed by atoms with Gasteiger partial charge in [-0.2, -0.15) is 0 Å². The fourth-order valence-electron chi connectivity index (χ4n) is 2.79. The van der Waals surface area contributed by atoms with Gasteiger partial charge in [-0.1, -0.05) is 49.2 Å². The molecule has 0 bridgehead atoms. The molecule has 0 saturated carbocycles. The van der Waals surface area contributed by atoms with Crippen molar-refractivity contribution in [2.45, 2.75) is 32.3 Å². The van der Waals surface area contributed by atoms with Gasteiger partial charge in [0.15, 0.2) is 0 Å². The van der Waals surface area contributed by atoms with Crippen LogP contribution in [0.25, 0.3) is 0 Å². The second-order valence-corrected chi connectivity index (χ2v) is 6.02. The zero-order chi connectivity index (χ0) is 16.6. The average Bonchev–Trinajstić information content (AvgIpc) is 2.91. The number of hydrogen-bond acceptors (Lipinski definition) is 3. The van der Waals surface area contributed by atoms with Crippen LogP contribution in [0.4, 0.5) is 4.79 Å². The monoisotopic (exact) mass is 325 g/mol. The summed E-state index contributed by atoms with van der Waals surface area (Å²) in [6.07, 6.45) is 4.21. The molecular weight excluding hydrogens is 302 g/mol. The number of amides is 1. The Bertz CT molecular complexity index is 649. The van der Waals surface area contributed by atoms with Gasteiger partial charge in [0.05, 0.1) is 0 Å². The first-order valence-corrected chi connectivity index (χ1v) is 8.55. The van der Waals surface area contributed by atoms with Gasteiger partial charge in [0.2, 0.25) is 0 Å². The molecule has 2 aromatic rings. The molecule has 2 aromatic carbocycles. The highest BCUT2D eigenvalue weighted by Gasteiger charge is 2.17. The Labute approximate surface area is 143 Å². The largest absolute Gasteiger partial charge is 0.489 e. The van der Waals surface area contributed by atoms with E-state index in [1.165, 1.54) is 12.8 Å². The van der Waals surface area contributed by atoms with Gasteiger partial charge in [0.1, 0.15) is 18.1 Å². The van der Waals surface area contributed by atoms with E-state index in [1.54, 1.807) is 17.0 Å². The quantitative estimate of drug-likeness (QED) is 0.822. The van der Waals surface area contributed by atoms with Crippen LogP contribution < -0.4 is 9.47 Å². The van der Waals surface area contributed by atoms with Crippen molar-refractivity contribution in [3.8, 4) is 11.5 Å². The van der Waals surface area contributed by atoms with Gasteiger partial charge in [0.25, 0.3) is 0 Å². The molecule has 1 fully saturated rings. The number of ether oxygens (including phenoxy) is 2. The predicted molar refractivity (Wildman–Crippen MR) is 93.3 cm³/mol. The summed E-state index contributed by atoms with van der Waals surface area (Å²) >= 11 is 0. The predicted octanol–water partition coefficient (Wildman–Crippen LogP) is 4.64. The highest BCUT2D eigenvalue weighted by molar-refractivity contribution is 5.70. The maximum atomic E-state index is 12.3. The van der Waals surface area contributed by atoms with E-state index < -0.39 is 0 Å². The smallest absolute Gasteiger partial charge is 0.415 e. The number of benzene rings is 2. The number of rotatable bonds is 4. The lowest BCUT2D eigenvalue weighted by molar-refractivity contribution is 0.154. The van der Waals surface area contributed by atoms with Crippen molar-refractivity contribution in [3.05, 3.63) is 60.2 Å². The summed E-state index contributed by atoms with van der Waals surface area (Å²) in [5.41, 5.74) is 1.10. The van der Waals surface area contributed by atoms with Crippen molar-refractivity contribution in [1.82, 2.24) is 4.90 Å². The molecule has 0 aromatic heterocycles. The molecular formula is C20H23NO3. The Kier molecular flexibility index (Phi) is 5.72. The van der Waals surface area contributed by atoms with E-state index in [4.69, 9.17) is 9.47 Å². The van der Waals surface area contributed by atoms with Crippen LogP contribution in [0.2, 0.25) is 0 Å². The Morgan fingerprint density at radius 1 is 0.875 bits per heavy atom. The van der Waals surface area contributed by atoms with Crippen LogP contribution in [0, 0.1) is 0 Å². The molecule has 1 amide bonds. The summed E-state index contributed by atoms with van der Waals surface area (Å²) in [7, 11) is 0. The summed E-state index contributed by atoms with van der Waals surface area (Å²) in [4.78, 5) is 14.1. The first-order valence-electron chi connectivity index (χ1n) is 8.55. The molecule has 1 aliphatic rings. The normalized spacial score (nSPS) is 14.8. The van der Waals surface area contributed by atoms with Crippen molar-refractivity contribution in [1.29, 1.82) is 0 Å². The lowest BCUT2D eigenvalue weighted by Crippen LogP contribution is -2.34. The van der Waals surface area contributed by atoms with Gasteiger partial charge < -0.3 is 14.4 Å². The van der Waals surface area contributed by atoms with Crippen molar-refractivity contribution >= 4 is 6.09 Å². The van der Waals surface area contributed by atoms with Crippen molar-refractivity contribution in [3.63, 3.8) is 0 Å². The van der Waals surface area contributed by atoms with Gasteiger partial charge in [-0.3, -0.25) is 0 Å². The molecule has 0 atom stereocenters. The summed E-state index contributed by atoms with van der Waals surface area (Å²) in [5.74, 6) is 1.22. The summed E-state index contributed by atoms with van der Waals surface area (Å²) in [5, 5.41) is 0. The standard InChI is InChI=1S/C20H23NO3/c22-20(21-13-6-1-2-7-14-21)24-19-12-8-11-18(15-19)23-16-17-9-4-3-5-10-17/h3-5,8-12,15H,1-2,6-7,13-14,16H2. The maximum Gasteiger partial charge on any atom is 0.415 e. The molecule has 4 nitrogen and oxygen atoms in total. The molecule has 126 valence electrons. The molecule has 0 N–H and O–H groups in total. The number of nitrogens with zero attached hydrogens (tertiary/aromatic N) is 1. The van der Waals surface area contributed by atoms with E-state index in [2.05, 4.69) is 0 Å². The Morgan fingerprint density at radius 3 is 2.33 bits per heavy atom. The number of carbonyl (C=O) groups is 1. The summed E-state index contributed by atoms with van der Waals surface area (Å²) in [6.45, 7) is 2.05. The molecule has 0 unspecified atom stereocenters. The van der Waals surface area contributed by atoms with Crippen LogP contribution in [0.15, 0.2) is 54.6 Å². The van der Waals surface area contributed by atoms with Crippen LogP contribution in [0.3, 0.4) is 0 Å². The van der Waals surface area contributed by atoms with Gasteiger partial charge in [-0.15, -0.1) is 0 Å². The van der Waals surface area contributed by atoms with Crippen molar-refractivity contribution in [2.24, 2.45) is 0 Å². The number of carbonyl (C=O) groups excluding carboxylic acids is 1. The minimum atomic E-state index is -0.267. The molecule has 0 radical (unpaired) electrons. The van der Waals surface area contributed by atoms with Crippen LogP contribution in [-0.2, 0) is 6.61 Å². The molecule has 1 heterocycles. The van der Waals surface area contributed by atoms with Gasteiger partial charge >= 0.3 is 6.09 Å². The lowest BCUT2D eigenvalue weighted by atomic mass is 10.2. The molecule has 1 saturated heterocycles.